The van der Waals surface area contributed by atoms with Crippen LogP contribution in [0.25, 0.3) is 0 Å². The van der Waals surface area contributed by atoms with E-state index in [1.807, 2.05) is 36.2 Å². The van der Waals surface area contributed by atoms with Crippen LogP contribution >= 0.6 is 11.6 Å². The van der Waals surface area contributed by atoms with E-state index in [-0.39, 0.29) is 6.61 Å². The molecule has 5 heteroatoms. The van der Waals surface area contributed by atoms with Gasteiger partial charge in [0.15, 0.2) is 0 Å². The van der Waals surface area contributed by atoms with Crippen LogP contribution in [0.2, 0.25) is 5.02 Å². The number of aliphatic hydroxyl groups is 1. The molecule has 0 amide bonds. The molecule has 0 aliphatic carbocycles. The average molecular weight is 264 g/mol. The first kappa shape index (κ1) is 12.8. The molecular formula is C13H14ClN3O. The Morgan fingerprint density at radius 3 is 2.44 bits per heavy atom. The van der Waals surface area contributed by atoms with Gasteiger partial charge in [-0.3, -0.25) is 4.98 Å². The number of aromatic nitrogens is 2. The molecule has 1 aromatic heterocycles. The highest BCUT2D eigenvalue weighted by Gasteiger charge is 2.04. The molecule has 0 unspecified atom stereocenters. The third-order valence-electron chi connectivity index (χ3n) is 2.58. The molecule has 94 valence electrons. The Kier molecular flexibility index (Phi) is 4.12. The van der Waals surface area contributed by atoms with Gasteiger partial charge in [0.2, 0.25) is 0 Å². The summed E-state index contributed by atoms with van der Waals surface area (Å²) in [7, 11) is 1.94. The molecule has 0 saturated carbocycles. The zero-order chi connectivity index (χ0) is 13.0. The number of aliphatic hydroxyl groups excluding tert-OH is 1. The summed E-state index contributed by atoms with van der Waals surface area (Å²) in [5.41, 5.74) is 1.72. The number of nitrogens with zero attached hydrogens (tertiary/aromatic N) is 3. The van der Waals surface area contributed by atoms with Crippen molar-refractivity contribution in [3.63, 3.8) is 0 Å². The van der Waals surface area contributed by atoms with E-state index in [9.17, 15) is 0 Å². The Balaban J connectivity index is 2.06. The maximum atomic E-state index is 8.90. The van der Waals surface area contributed by atoms with E-state index in [0.29, 0.717) is 5.69 Å². The van der Waals surface area contributed by atoms with Crippen molar-refractivity contribution in [1.82, 2.24) is 9.97 Å². The molecule has 2 aromatic rings. The number of hydrogen-bond acceptors (Lipinski definition) is 4. The van der Waals surface area contributed by atoms with Gasteiger partial charge in [0.05, 0.1) is 24.7 Å². The second kappa shape index (κ2) is 5.80. The summed E-state index contributed by atoms with van der Waals surface area (Å²) >= 11 is 5.84. The fourth-order valence-corrected chi connectivity index (χ4v) is 1.70. The van der Waals surface area contributed by atoms with Crippen LogP contribution in [0.3, 0.4) is 0 Å². The molecule has 1 N–H and O–H groups in total. The third-order valence-corrected chi connectivity index (χ3v) is 2.83. The van der Waals surface area contributed by atoms with Gasteiger partial charge in [-0.15, -0.1) is 0 Å². The minimum Gasteiger partial charge on any atom is -0.390 e. The fourth-order valence-electron chi connectivity index (χ4n) is 1.57. The number of hydrogen-bond donors (Lipinski definition) is 1. The lowest BCUT2D eigenvalue weighted by Crippen LogP contribution is -2.18. The van der Waals surface area contributed by atoms with Crippen molar-refractivity contribution in [3.8, 4) is 0 Å². The first-order valence-corrected chi connectivity index (χ1v) is 5.94. The molecule has 2 rings (SSSR count). The number of benzene rings is 1. The van der Waals surface area contributed by atoms with Gasteiger partial charge in [0.1, 0.15) is 5.82 Å². The molecule has 0 aliphatic heterocycles. The van der Waals surface area contributed by atoms with E-state index < -0.39 is 0 Å². The molecule has 0 spiro atoms. The van der Waals surface area contributed by atoms with Crippen LogP contribution in [0, 0.1) is 0 Å². The highest BCUT2D eigenvalue weighted by Crippen LogP contribution is 2.14. The molecule has 0 fully saturated rings. The molecule has 0 atom stereocenters. The molecule has 1 aromatic carbocycles. The van der Waals surface area contributed by atoms with Crippen LogP contribution in [-0.4, -0.2) is 22.1 Å². The Hall–Kier alpha value is -1.65. The predicted octanol–water partition coefficient (Wildman–Crippen LogP) is 2.26. The van der Waals surface area contributed by atoms with Crippen molar-refractivity contribution >= 4 is 17.4 Å². The molecule has 0 aliphatic rings. The molecule has 0 bridgehead atoms. The highest BCUT2D eigenvalue weighted by molar-refractivity contribution is 6.30. The smallest absolute Gasteiger partial charge is 0.147 e. The van der Waals surface area contributed by atoms with Gasteiger partial charge < -0.3 is 10.0 Å². The summed E-state index contributed by atoms with van der Waals surface area (Å²) in [4.78, 5) is 10.3. The minimum atomic E-state index is -0.0891. The monoisotopic (exact) mass is 263 g/mol. The lowest BCUT2D eigenvalue weighted by atomic mass is 10.2. The van der Waals surface area contributed by atoms with E-state index in [4.69, 9.17) is 16.7 Å². The highest BCUT2D eigenvalue weighted by atomic mass is 35.5. The second-order valence-corrected chi connectivity index (χ2v) is 4.44. The molecule has 1 heterocycles. The summed E-state index contributed by atoms with van der Waals surface area (Å²) in [5, 5.41) is 9.63. The maximum Gasteiger partial charge on any atom is 0.147 e. The van der Waals surface area contributed by atoms with Crippen molar-refractivity contribution < 1.29 is 5.11 Å². The topological polar surface area (TPSA) is 49.2 Å². The number of halogens is 1. The standard InChI is InChI=1S/C13H14ClN3O/c1-17(8-10-2-4-11(14)5-3-10)13-7-15-12(9-18)6-16-13/h2-7,18H,8-9H2,1H3. The Morgan fingerprint density at radius 1 is 1.17 bits per heavy atom. The van der Waals surface area contributed by atoms with Gasteiger partial charge in [0, 0.05) is 18.6 Å². The van der Waals surface area contributed by atoms with E-state index in [2.05, 4.69) is 9.97 Å². The number of rotatable bonds is 4. The van der Waals surface area contributed by atoms with Gasteiger partial charge in [-0.05, 0) is 17.7 Å². The Morgan fingerprint density at radius 2 is 1.89 bits per heavy atom. The second-order valence-electron chi connectivity index (χ2n) is 4.01. The normalized spacial score (nSPS) is 10.4. The summed E-state index contributed by atoms with van der Waals surface area (Å²) in [5.74, 6) is 0.766. The predicted molar refractivity (Wildman–Crippen MR) is 71.5 cm³/mol. The van der Waals surface area contributed by atoms with E-state index in [1.165, 1.54) is 0 Å². The molecular weight excluding hydrogens is 250 g/mol. The van der Waals surface area contributed by atoms with Crippen molar-refractivity contribution in [2.75, 3.05) is 11.9 Å². The minimum absolute atomic E-state index is 0.0891. The lowest BCUT2D eigenvalue weighted by Gasteiger charge is -2.17. The molecule has 0 radical (unpaired) electrons. The van der Waals surface area contributed by atoms with Gasteiger partial charge in [-0.1, -0.05) is 23.7 Å². The summed E-state index contributed by atoms with van der Waals surface area (Å²) < 4.78 is 0. The fraction of sp³-hybridized carbons (Fsp3) is 0.231. The molecule has 4 nitrogen and oxygen atoms in total. The van der Waals surface area contributed by atoms with Crippen molar-refractivity contribution in [2.24, 2.45) is 0 Å². The van der Waals surface area contributed by atoms with E-state index >= 15 is 0 Å². The van der Waals surface area contributed by atoms with Gasteiger partial charge in [0.25, 0.3) is 0 Å². The third kappa shape index (κ3) is 3.18. The SMILES string of the molecule is CN(Cc1ccc(Cl)cc1)c1cnc(CO)cn1. The van der Waals surface area contributed by atoms with Crippen LogP contribution in [0.5, 0.6) is 0 Å². The van der Waals surface area contributed by atoms with Crippen molar-refractivity contribution in [1.29, 1.82) is 0 Å². The average Bonchev–Trinajstić information content (AvgIpc) is 2.41. The van der Waals surface area contributed by atoms with Crippen LogP contribution in [0.4, 0.5) is 5.82 Å². The van der Waals surface area contributed by atoms with Crippen molar-refractivity contribution in [2.45, 2.75) is 13.2 Å². The summed E-state index contributed by atoms with van der Waals surface area (Å²) in [6.07, 6.45) is 3.23. The summed E-state index contributed by atoms with van der Waals surface area (Å²) in [6.45, 7) is 0.637. The Bertz CT molecular complexity index is 499. The van der Waals surface area contributed by atoms with Crippen molar-refractivity contribution in [3.05, 3.63) is 52.9 Å². The largest absolute Gasteiger partial charge is 0.390 e. The maximum absolute atomic E-state index is 8.90. The van der Waals surface area contributed by atoms with Gasteiger partial charge in [-0.2, -0.15) is 0 Å². The van der Waals surface area contributed by atoms with E-state index in [0.717, 1.165) is 22.9 Å². The quantitative estimate of drug-likeness (QED) is 0.919. The van der Waals surface area contributed by atoms with Crippen LogP contribution in [0.15, 0.2) is 36.7 Å². The van der Waals surface area contributed by atoms with Crippen LogP contribution in [-0.2, 0) is 13.2 Å². The first-order valence-electron chi connectivity index (χ1n) is 5.56. The first-order chi connectivity index (χ1) is 8.69. The van der Waals surface area contributed by atoms with Gasteiger partial charge in [-0.25, -0.2) is 4.98 Å². The zero-order valence-electron chi connectivity index (χ0n) is 10.0. The summed E-state index contributed by atoms with van der Waals surface area (Å²) in [6, 6.07) is 7.69. The molecule has 0 saturated heterocycles. The lowest BCUT2D eigenvalue weighted by molar-refractivity contribution is 0.276. The van der Waals surface area contributed by atoms with Crippen LogP contribution in [0.1, 0.15) is 11.3 Å². The van der Waals surface area contributed by atoms with Crippen LogP contribution < -0.4 is 4.90 Å². The van der Waals surface area contributed by atoms with Gasteiger partial charge >= 0.3 is 0 Å². The number of anilines is 1. The molecule has 18 heavy (non-hydrogen) atoms. The zero-order valence-corrected chi connectivity index (χ0v) is 10.8. The van der Waals surface area contributed by atoms with E-state index in [1.54, 1.807) is 12.4 Å². The Labute approximate surface area is 111 Å².